The molecule has 0 spiro atoms. The molecule has 10 aromatic rings. The molecule has 10 rings (SSSR count). The zero-order valence-corrected chi connectivity index (χ0v) is 26.4. The van der Waals surface area contributed by atoms with Gasteiger partial charge in [0.1, 0.15) is 0 Å². The Bertz CT molecular complexity index is 2780. The largest absolute Gasteiger partial charge is 0.135 e. The van der Waals surface area contributed by atoms with E-state index in [1.165, 1.54) is 96.6 Å². The average Bonchev–Trinajstić information content (AvgIpc) is 3.53. The van der Waals surface area contributed by atoms with E-state index < -0.39 is 0 Å². The summed E-state index contributed by atoms with van der Waals surface area (Å²) in [5.74, 6) is 0. The normalized spacial score (nSPS) is 11.8. The van der Waals surface area contributed by atoms with E-state index in [-0.39, 0.29) is 0 Å². The van der Waals surface area contributed by atoms with Crippen LogP contribution >= 0.6 is 11.3 Å². The highest BCUT2D eigenvalue weighted by atomic mass is 32.1. The molecule has 47 heavy (non-hydrogen) atoms. The summed E-state index contributed by atoms with van der Waals surface area (Å²) in [6.45, 7) is 0. The van der Waals surface area contributed by atoms with Gasteiger partial charge in [0.2, 0.25) is 0 Å². The van der Waals surface area contributed by atoms with Gasteiger partial charge < -0.3 is 0 Å². The first-order valence-electron chi connectivity index (χ1n) is 16.2. The summed E-state index contributed by atoms with van der Waals surface area (Å²) >= 11 is 1.90. The van der Waals surface area contributed by atoms with E-state index in [9.17, 15) is 0 Å². The summed E-state index contributed by atoms with van der Waals surface area (Å²) in [6, 6.07) is 62.6. The quantitative estimate of drug-likeness (QED) is 0.174. The number of fused-ring (bicyclic) bond motifs is 11. The monoisotopic (exact) mass is 612 g/mol. The van der Waals surface area contributed by atoms with E-state index in [2.05, 4.69) is 170 Å². The van der Waals surface area contributed by atoms with Crippen molar-refractivity contribution in [1.82, 2.24) is 0 Å². The van der Waals surface area contributed by atoms with Crippen LogP contribution in [-0.4, -0.2) is 0 Å². The van der Waals surface area contributed by atoms with Crippen molar-refractivity contribution in [3.63, 3.8) is 0 Å². The highest BCUT2D eigenvalue weighted by molar-refractivity contribution is 7.26. The Morgan fingerprint density at radius 3 is 1.26 bits per heavy atom. The molecule has 0 fully saturated rings. The Kier molecular flexibility index (Phi) is 5.85. The van der Waals surface area contributed by atoms with Crippen LogP contribution in [0.4, 0.5) is 0 Å². The number of thiophene rings is 1. The van der Waals surface area contributed by atoms with Crippen molar-refractivity contribution in [2.45, 2.75) is 0 Å². The van der Waals surface area contributed by atoms with E-state index in [0.29, 0.717) is 0 Å². The molecule has 0 nitrogen and oxygen atoms in total. The average molecular weight is 613 g/mol. The van der Waals surface area contributed by atoms with Gasteiger partial charge >= 0.3 is 0 Å². The van der Waals surface area contributed by atoms with Gasteiger partial charge in [-0.05, 0) is 94.7 Å². The van der Waals surface area contributed by atoms with Crippen LogP contribution in [0.5, 0.6) is 0 Å². The molecule has 0 aliphatic carbocycles. The predicted molar refractivity (Wildman–Crippen MR) is 206 cm³/mol. The Balaban J connectivity index is 0.977. The lowest BCUT2D eigenvalue weighted by Crippen LogP contribution is -1.85. The van der Waals surface area contributed by atoms with Crippen molar-refractivity contribution in [3.05, 3.63) is 170 Å². The van der Waals surface area contributed by atoms with E-state index in [4.69, 9.17) is 0 Å². The standard InChI is InChI=1S/C46H28S/c1-2-8-36-33(7-1)21-25-42-44-28-35(23-26-45(44)47-46(36)42)32-19-15-30(16-20-32)29-13-17-31(18-14-29)34-22-24-41-39-11-4-3-9-37(39)38-10-5-6-12-40(38)43(41)27-34/h1-28H. The van der Waals surface area contributed by atoms with Crippen molar-refractivity contribution in [2.24, 2.45) is 0 Å². The highest BCUT2D eigenvalue weighted by Gasteiger charge is 2.12. The summed E-state index contributed by atoms with van der Waals surface area (Å²) in [4.78, 5) is 0. The summed E-state index contributed by atoms with van der Waals surface area (Å²) < 4.78 is 2.71. The predicted octanol–water partition coefficient (Wildman–Crippen LogP) is 13.7. The van der Waals surface area contributed by atoms with Gasteiger partial charge in [-0.3, -0.25) is 0 Å². The number of benzene rings is 9. The zero-order valence-electron chi connectivity index (χ0n) is 25.6. The molecule has 1 heterocycles. The summed E-state index contributed by atoms with van der Waals surface area (Å²) in [5.41, 5.74) is 7.42. The maximum atomic E-state index is 2.36. The van der Waals surface area contributed by atoms with Crippen LogP contribution in [0.1, 0.15) is 0 Å². The molecule has 0 saturated heterocycles. The molecule has 0 saturated carbocycles. The van der Waals surface area contributed by atoms with Gasteiger partial charge in [0.25, 0.3) is 0 Å². The minimum atomic E-state index is 1.23. The minimum Gasteiger partial charge on any atom is -0.135 e. The molecule has 1 heteroatoms. The van der Waals surface area contributed by atoms with Gasteiger partial charge in [0.05, 0.1) is 0 Å². The molecular weight excluding hydrogens is 585 g/mol. The van der Waals surface area contributed by atoms with Crippen molar-refractivity contribution in [3.8, 4) is 33.4 Å². The summed E-state index contributed by atoms with van der Waals surface area (Å²) in [5, 5.41) is 13.2. The Morgan fingerprint density at radius 1 is 0.255 bits per heavy atom. The molecule has 218 valence electrons. The van der Waals surface area contributed by atoms with Crippen LogP contribution < -0.4 is 0 Å². The molecule has 1 aromatic heterocycles. The SMILES string of the molecule is c1ccc2c(c1)ccc1c3cc(-c4ccc(-c5ccc(-c6ccc7c8ccccc8c8ccccc8c7c6)cc5)cc4)ccc3sc21. The van der Waals surface area contributed by atoms with Gasteiger partial charge in [0, 0.05) is 20.2 Å². The van der Waals surface area contributed by atoms with Crippen molar-refractivity contribution < 1.29 is 0 Å². The second-order valence-corrected chi connectivity index (χ2v) is 13.5. The number of hydrogen-bond donors (Lipinski definition) is 0. The Morgan fingerprint density at radius 2 is 0.660 bits per heavy atom. The smallest absolute Gasteiger partial charge is 0.0433 e. The van der Waals surface area contributed by atoms with Crippen LogP contribution in [0, 0.1) is 0 Å². The third kappa shape index (κ3) is 4.21. The molecule has 0 amide bonds. The van der Waals surface area contributed by atoms with Crippen LogP contribution in [0.2, 0.25) is 0 Å². The highest BCUT2D eigenvalue weighted by Crippen LogP contribution is 2.41. The van der Waals surface area contributed by atoms with Gasteiger partial charge in [-0.2, -0.15) is 0 Å². The number of hydrogen-bond acceptors (Lipinski definition) is 1. The lowest BCUT2D eigenvalue weighted by Gasteiger charge is -2.12. The molecule has 0 aliphatic rings. The van der Waals surface area contributed by atoms with Crippen molar-refractivity contribution >= 4 is 74.6 Å². The molecule has 0 atom stereocenters. The van der Waals surface area contributed by atoms with E-state index in [0.717, 1.165) is 0 Å². The maximum Gasteiger partial charge on any atom is 0.0433 e. The minimum absolute atomic E-state index is 1.23. The Labute approximate surface area is 276 Å². The van der Waals surface area contributed by atoms with Crippen LogP contribution in [0.15, 0.2) is 170 Å². The van der Waals surface area contributed by atoms with Gasteiger partial charge in [-0.1, -0.05) is 152 Å². The van der Waals surface area contributed by atoms with Gasteiger partial charge in [0.15, 0.2) is 0 Å². The second-order valence-electron chi connectivity index (χ2n) is 12.5. The van der Waals surface area contributed by atoms with Gasteiger partial charge in [-0.15, -0.1) is 11.3 Å². The van der Waals surface area contributed by atoms with Gasteiger partial charge in [-0.25, -0.2) is 0 Å². The molecule has 0 unspecified atom stereocenters. The van der Waals surface area contributed by atoms with Crippen LogP contribution in [0.3, 0.4) is 0 Å². The Hall–Kier alpha value is -5.76. The molecule has 0 radical (unpaired) electrons. The first-order chi connectivity index (χ1) is 23.3. The van der Waals surface area contributed by atoms with Crippen molar-refractivity contribution in [2.75, 3.05) is 0 Å². The molecule has 9 aromatic carbocycles. The maximum absolute atomic E-state index is 2.36. The number of rotatable bonds is 3. The second kappa shape index (κ2) is 10.4. The van der Waals surface area contributed by atoms with Crippen LogP contribution in [0.25, 0.3) is 96.6 Å². The van der Waals surface area contributed by atoms with E-state index >= 15 is 0 Å². The zero-order chi connectivity index (χ0) is 30.9. The molecular formula is C46H28S. The molecule has 0 aliphatic heterocycles. The third-order valence-corrected chi connectivity index (χ3v) is 11.1. The van der Waals surface area contributed by atoms with E-state index in [1.54, 1.807) is 0 Å². The van der Waals surface area contributed by atoms with E-state index in [1.807, 2.05) is 11.3 Å². The lowest BCUT2D eigenvalue weighted by atomic mass is 9.91. The van der Waals surface area contributed by atoms with Crippen molar-refractivity contribution in [1.29, 1.82) is 0 Å². The molecule has 0 N–H and O–H groups in total. The first-order valence-corrected chi connectivity index (χ1v) is 17.0. The fourth-order valence-electron chi connectivity index (χ4n) is 7.48. The third-order valence-electron chi connectivity index (χ3n) is 9.88. The summed E-state index contributed by atoms with van der Waals surface area (Å²) in [6.07, 6.45) is 0. The fourth-order valence-corrected chi connectivity index (χ4v) is 8.70. The van der Waals surface area contributed by atoms with Crippen LogP contribution in [-0.2, 0) is 0 Å². The fraction of sp³-hybridized carbons (Fsp3) is 0. The summed E-state index contributed by atoms with van der Waals surface area (Å²) in [7, 11) is 0. The molecule has 0 bridgehead atoms. The lowest BCUT2D eigenvalue weighted by molar-refractivity contribution is 1.59. The topological polar surface area (TPSA) is 0 Å². The first kappa shape index (κ1) is 26.5.